The summed E-state index contributed by atoms with van der Waals surface area (Å²) in [5.74, 6) is -0.240. The van der Waals surface area contributed by atoms with E-state index in [1.807, 2.05) is 13.0 Å². The van der Waals surface area contributed by atoms with Crippen LogP contribution in [0.3, 0.4) is 0 Å². The molecular formula is C30H50O9. The van der Waals surface area contributed by atoms with Crippen LogP contribution in [-0.2, 0) is 28.4 Å². The number of hydrogen-bond acceptors (Lipinski definition) is 9. The van der Waals surface area contributed by atoms with Gasteiger partial charge in [0.1, 0.15) is 12.9 Å². The molecule has 0 amide bonds. The third kappa shape index (κ3) is 7.50. The molecule has 0 spiro atoms. The predicted octanol–water partition coefficient (Wildman–Crippen LogP) is 3.04. The number of hydrogen-bond donors (Lipinski definition) is 3. The van der Waals surface area contributed by atoms with Gasteiger partial charge in [0.2, 0.25) is 0 Å². The largest absolute Gasteiger partial charge is 0.396 e. The predicted molar refractivity (Wildman–Crippen MR) is 145 cm³/mol. The lowest BCUT2D eigenvalue weighted by Crippen LogP contribution is -2.63. The van der Waals surface area contributed by atoms with Crippen LogP contribution < -0.4 is 0 Å². The van der Waals surface area contributed by atoms with E-state index in [1.165, 1.54) is 0 Å². The number of aliphatic hydroxyl groups excluding tert-OH is 2. The van der Waals surface area contributed by atoms with Gasteiger partial charge in [0, 0.05) is 39.1 Å². The van der Waals surface area contributed by atoms with E-state index in [0.717, 1.165) is 32.1 Å². The van der Waals surface area contributed by atoms with E-state index in [9.17, 15) is 15.3 Å². The van der Waals surface area contributed by atoms with E-state index >= 15 is 0 Å². The minimum atomic E-state index is -0.920. The van der Waals surface area contributed by atoms with Crippen molar-refractivity contribution >= 4 is 0 Å². The molecule has 0 saturated carbocycles. The van der Waals surface area contributed by atoms with Gasteiger partial charge in [-0.05, 0) is 58.8 Å². The summed E-state index contributed by atoms with van der Waals surface area (Å²) in [6.45, 7) is 7.70. The van der Waals surface area contributed by atoms with Gasteiger partial charge in [-0.15, -0.1) is 0 Å². The summed E-state index contributed by atoms with van der Waals surface area (Å²) < 4.78 is 38.0. The van der Waals surface area contributed by atoms with E-state index in [0.29, 0.717) is 25.7 Å². The lowest BCUT2D eigenvalue weighted by Gasteiger charge is -2.52. The summed E-state index contributed by atoms with van der Waals surface area (Å²) in [7, 11) is 1.60. The van der Waals surface area contributed by atoms with Gasteiger partial charge >= 0.3 is 0 Å². The minimum Gasteiger partial charge on any atom is -0.396 e. The molecule has 0 aliphatic carbocycles. The molecule has 0 aromatic carbocycles. The number of fused-ring (bicyclic) bond motifs is 3. The van der Waals surface area contributed by atoms with Crippen molar-refractivity contribution in [2.75, 3.05) is 27.1 Å². The highest BCUT2D eigenvalue weighted by atomic mass is 16.7. The second-order valence-electron chi connectivity index (χ2n) is 12.2. The second kappa shape index (κ2) is 13.9. The smallest absolute Gasteiger partial charge is 0.146 e. The first-order valence-electron chi connectivity index (χ1n) is 14.7. The third-order valence-corrected chi connectivity index (χ3v) is 9.16. The lowest BCUT2D eigenvalue weighted by atomic mass is 9.81. The minimum absolute atomic E-state index is 0.0905. The molecule has 4 heterocycles. The Morgan fingerprint density at radius 3 is 2.49 bits per heavy atom. The first-order valence-corrected chi connectivity index (χ1v) is 14.7. The molecule has 9 nitrogen and oxygen atoms in total. The van der Waals surface area contributed by atoms with Gasteiger partial charge in [-0.1, -0.05) is 24.8 Å². The molecule has 224 valence electrons. The standard InChI is InChI=1S/C30H50O9/c1-5-6-7-8-9-26-29(2,33)12-10-22-23(37-26)11-13-30(3)27(38-22)16-25-28(39-30)24(35-19-34-4)15-21(36-25)14-20(17-31)18-32/h5-7,20-28,31-33H,1,8-19H2,2-4H3/b7-6-/t21-,22-,23+,24+,25-,26-,27+,28+,29+,30-/m1/s1. The van der Waals surface area contributed by atoms with E-state index in [2.05, 4.69) is 19.6 Å². The van der Waals surface area contributed by atoms with Crippen molar-refractivity contribution in [1.29, 1.82) is 0 Å². The molecule has 0 aromatic rings. The van der Waals surface area contributed by atoms with Crippen LogP contribution in [0.5, 0.6) is 0 Å². The maximum Gasteiger partial charge on any atom is 0.146 e. The molecule has 9 heteroatoms. The summed E-state index contributed by atoms with van der Waals surface area (Å²) in [6.07, 6.45) is 10.4. The van der Waals surface area contributed by atoms with Crippen LogP contribution in [0.15, 0.2) is 24.8 Å². The number of rotatable bonds is 11. The molecule has 0 unspecified atom stereocenters. The summed E-state index contributed by atoms with van der Waals surface area (Å²) in [6, 6.07) is 0. The first-order chi connectivity index (χ1) is 18.7. The van der Waals surface area contributed by atoms with E-state index < -0.39 is 11.2 Å². The van der Waals surface area contributed by atoms with Crippen molar-refractivity contribution in [3.8, 4) is 0 Å². The zero-order valence-electron chi connectivity index (χ0n) is 23.9. The van der Waals surface area contributed by atoms with Crippen molar-refractivity contribution in [3.05, 3.63) is 24.8 Å². The van der Waals surface area contributed by atoms with Gasteiger partial charge < -0.3 is 43.7 Å². The maximum absolute atomic E-state index is 11.2. The Bertz CT molecular complexity index is 799. The first kappa shape index (κ1) is 31.1. The van der Waals surface area contributed by atoms with Crippen LogP contribution in [0, 0.1) is 5.92 Å². The van der Waals surface area contributed by atoms with Gasteiger partial charge in [0.15, 0.2) is 0 Å². The Hall–Kier alpha value is -0.880. The fourth-order valence-corrected chi connectivity index (χ4v) is 6.76. The number of ether oxygens (including phenoxy) is 6. The van der Waals surface area contributed by atoms with Gasteiger partial charge in [-0.2, -0.15) is 0 Å². The molecule has 0 bridgehead atoms. The Morgan fingerprint density at radius 1 is 1.03 bits per heavy atom. The Labute approximate surface area is 233 Å². The van der Waals surface area contributed by atoms with Gasteiger partial charge in [0.25, 0.3) is 0 Å². The van der Waals surface area contributed by atoms with Crippen molar-refractivity contribution in [2.24, 2.45) is 5.92 Å². The van der Waals surface area contributed by atoms with Crippen LogP contribution in [-0.4, -0.2) is 102 Å². The molecule has 4 aliphatic heterocycles. The number of methoxy groups -OCH3 is 1. The summed E-state index contributed by atoms with van der Waals surface area (Å²) in [5.41, 5.74) is -1.44. The van der Waals surface area contributed by atoms with Gasteiger partial charge in [0.05, 0.1) is 53.9 Å². The van der Waals surface area contributed by atoms with Gasteiger partial charge in [-0.3, -0.25) is 0 Å². The lowest BCUT2D eigenvalue weighted by molar-refractivity contribution is -0.303. The van der Waals surface area contributed by atoms with E-state index in [4.69, 9.17) is 28.4 Å². The fourth-order valence-electron chi connectivity index (χ4n) is 6.76. The summed E-state index contributed by atoms with van der Waals surface area (Å²) in [4.78, 5) is 0. The quantitative estimate of drug-likeness (QED) is 0.262. The SMILES string of the molecule is C=C/C=C\CC[C@H]1O[C@H]2CC[C@@]3(C)O[C@H]4[C@@H](OCOC)C[C@@H](CC(CO)CO)O[C@@H]4C[C@@H]3O[C@@H]2CC[C@]1(C)O. The highest BCUT2D eigenvalue weighted by Crippen LogP contribution is 2.46. The fraction of sp³-hybridized carbons (Fsp3) is 0.867. The molecule has 4 aliphatic rings. The van der Waals surface area contributed by atoms with Crippen molar-refractivity contribution in [3.63, 3.8) is 0 Å². The van der Waals surface area contributed by atoms with Crippen LogP contribution in [0.4, 0.5) is 0 Å². The molecular weight excluding hydrogens is 504 g/mol. The molecule has 3 N–H and O–H groups in total. The molecule has 0 aromatic heterocycles. The van der Waals surface area contributed by atoms with Crippen LogP contribution in [0.1, 0.15) is 71.6 Å². The Balaban J connectivity index is 1.48. The highest BCUT2D eigenvalue weighted by Gasteiger charge is 2.55. The zero-order valence-corrected chi connectivity index (χ0v) is 23.9. The maximum atomic E-state index is 11.2. The molecule has 4 saturated heterocycles. The zero-order chi connectivity index (χ0) is 28.0. The Kier molecular flexibility index (Phi) is 11.0. The molecule has 0 radical (unpaired) electrons. The van der Waals surface area contributed by atoms with E-state index in [1.54, 1.807) is 13.2 Å². The summed E-state index contributed by atoms with van der Waals surface area (Å²) >= 11 is 0. The van der Waals surface area contributed by atoms with E-state index in [-0.39, 0.29) is 74.8 Å². The van der Waals surface area contributed by atoms with Crippen LogP contribution in [0.2, 0.25) is 0 Å². The normalized spacial score (nSPS) is 42.8. The van der Waals surface area contributed by atoms with Gasteiger partial charge in [-0.25, -0.2) is 0 Å². The third-order valence-electron chi connectivity index (χ3n) is 9.16. The molecule has 39 heavy (non-hydrogen) atoms. The van der Waals surface area contributed by atoms with Crippen molar-refractivity contribution in [2.45, 2.75) is 132 Å². The second-order valence-corrected chi connectivity index (χ2v) is 12.2. The van der Waals surface area contributed by atoms with Crippen LogP contribution >= 0.6 is 0 Å². The topological polar surface area (TPSA) is 116 Å². The van der Waals surface area contributed by atoms with Crippen molar-refractivity contribution < 1.29 is 43.7 Å². The van der Waals surface area contributed by atoms with Crippen molar-refractivity contribution in [1.82, 2.24) is 0 Å². The molecule has 4 fully saturated rings. The Morgan fingerprint density at radius 2 is 1.77 bits per heavy atom. The number of allylic oxidation sites excluding steroid dienone is 3. The van der Waals surface area contributed by atoms with Crippen LogP contribution in [0.25, 0.3) is 0 Å². The monoisotopic (exact) mass is 554 g/mol. The number of aliphatic hydroxyl groups is 3. The average Bonchev–Trinajstić information content (AvgIpc) is 3.12. The average molecular weight is 555 g/mol. The summed E-state index contributed by atoms with van der Waals surface area (Å²) in [5, 5.41) is 30.5. The highest BCUT2D eigenvalue weighted by molar-refractivity contribution is 5.04. The molecule has 10 atom stereocenters. The molecule has 4 rings (SSSR count).